The minimum absolute atomic E-state index is 0.0633. The molecular weight excluding hydrogens is 472 g/mol. The number of hydrogen-bond donors (Lipinski definition) is 2. The summed E-state index contributed by atoms with van der Waals surface area (Å²) in [5.41, 5.74) is 0.935. The number of alkyl carbamates (subject to hydrolysis) is 1. The number of carbonyl (C=O) groups is 3. The molecule has 9 nitrogen and oxygen atoms in total. The molecule has 2 aromatic heterocycles. The molecule has 0 aliphatic carbocycles. The second-order valence-electron chi connectivity index (χ2n) is 7.95. The predicted octanol–water partition coefficient (Wildman–Crippen LogP) is 3.40. The summed E-state index contributed by atoms with van der Waals surface area (Å²) in [5.74, 6) is -1.27. The number of pyridine rings is 1. The molecule has 0 spiro atoms. The first kappa shape index (κ1) is 22.6. The van der Waals surface area contributed by atoms with E-state index in [-0.39, 0.29) is 5.70 Å². The van der Waals surface area contributed by atoms with Crippen molar-refractivity contribution < 1.29 is 24.2 Å². The first-order valence-electron chi connectivity index (χ1n) is 9.58. The molecule has 1 fully saturated rings. The summed E-state index contributed by atoms with van der Waals surface area (Å²) >= 11 is 4.05. The number of carbonyl (C=O) groups excluding carboxylic acids is 2. The maximum Gasteiger partial charge on any atom is 0.408 e. The molecule has 168 valence electrons. The highest BCUT2D eigenvalue weighted by Crippen LogP contribution is 2.46. The van der Waals surface area contributed by atoms with Crippen molar-refractivity contribution in [2.24, 2.45) is 0 Å². The lowest BCUT2D eigenvalue weighted by Crippen LogP contribution is -2.70. The molecule has 4 rings (SSSR count). The molecule has 2 aromatic rings. The van der Waals surface area contributed by atoms with Gasteiger partial charge in [-0.2, -0.15) is 0 Å². The van der Waals surface area contributed by atoms with Crippen molar-refractivity contribution in [2.75, 3.05) is 5.75 Å². The lowest BCUT2D eigenvalue weighted by atomic mass is 10.1. The van der Waals surface area contributed by atoms with E-state index in [1.807, 2.05) is 17.5 Å². The Balaban J connectivity index is 1.51. The maximum absolute atomic E-state index is 12.7. The number of rotatable bonds is 5. The highest BCUT2D eigenvalue weighted by molar-refractivity contribution is 8.07. The maximum atomic E-state index is 12.7. The third kappa shape index (κ3) is 4.62. The van der Waals surface area contributed by atoms with Crippen molar-refractivity contribution in [1.82, 2.24) is 20.2 Å². The zero-order chi connectivity index (χ0) is 23.0. The van der Waals surface area contributed by atoms with Crippen molar-refractivity contribution >= 4 is 52.8 Å². The number of fused-ring (bicyclic) bond motifs is 1. The van der Waals surface area contributed by atoms with Gasteiger partial charge in [0.05, 0.1) is 5.69 Å². The Morgan fingerprint density at radius 1 is 1.31 bits per heavy atom. The zero-order valence-electron chi connectivity index (χ0n) is 17.4. The minimum atomic E-state index is -1.19. The number of aliphatic carboxylic acids is 1. The fourth-order valence-electron chi connectivity index (χ4n) is 3.17. The number of thioether (sulfide) groups is 2. The predicted molar refractivity (Wildman–Crippen MR) is 122 cm³/mol. The molecule has 0 unspecified atom stereocenters. The number of nitrogens with zero attached hydrogens (tertiary/aromatic N) is 3. The van der Waals surface area contributed by atoms with E-state index >= 15 is 0 Å². The molecule has 0 aromatic carbocycles. The Morgan fingerprint density at radius 2 is 2.03 bits per heavy atom. The lowest BCUT2D eigenvalue weighted by molar-refractivity contribution is -0.149. The number of carboxylic acid groups (broad SMARTS) is 1. The first-order valence-corrected chi connectivity index (χ1v) is 12.3. The molecule has 2 aliphatic rings. The van der Waals surface area contributed by atoms with Crippen LogP contribution in [0, 0.1) is 0 Å². The average molecular weight is 493 g/mol. The van der Waals surface area contributed by atoms with Crippen LogP contribution in [0.1, 0.15) is 20.8 Å². The summed E-state index contributed by atoms with van der Waals surface area (Å²) < 4.78 is 5.89. The quantitative estimate of drug-likeness (QED) is 0.605. The Labute approximate surface area is 196 Å². The summed E-state index contributed by atoms with van der Waals surface area (Å²) in [6.45, 7) is 5.18. The van der Waals surface area contributed by atoms with E-state index < -0.39 is 35.0 Å². The fourth-order valence-corrected chi connectivity index (χ4v) is 6.63. The Morgan fingerprint density at radius 3 is 2.69 bits per heavy atom. The van der Waals surface area contributed by atoms with Crippen LogP contribution in [0.4, 0.5) is 4.79 Å². The third-order valence-corrected chi connectivity index (χ3v) is 7.96. The standard InChI is InChI=1S/C20H20N4O5S3/c1-20(2,3)29-18(28)23-13-15(25)24-14(17(26)27)12(9-30-16(13)24)32-19-22-11(8-31-19)10-4-6-21-7-5-10/h4-8,13,16H,9H2,1-3H3,(H,23,28)(H,26,27)/t13-,16-/m1/s1. The van der Waals surface area contributed by atoms with Crippen LogP contribution in [0.15, 0.2) is 44.8 Å². The molecular formula is C20H20N4O5S3. The number of hydrogen-bond acceptors (Lipinski definition) is 9. The number of aromatic nitrogens is 2. The van der Waals surface area contributed by atoms with Gasteiger partial charge < -0.3 is 15.2 Å². The van der Waals surface area contributed by atoms with Crippen LogP contribution in [0.2, 0.25) is 0 Å². The Hall–Kier alpha value is -2.57. The van der Waals surface area contributed by atoms with Gasteiger partial charge in [-0.05, 0) is 32.9 Å². The molecule has 2 N–H and O–H groups in total. The number of amides is 2. The van der Waals surface area contributed by atoms with Gasteiger partial charge in [-0.25, -0.2) is 14.6 Å². The van der Waals surface area contributed by atoms with Gasteiger partial charge in [-0.3, -0.25) is 14.7 Å². The normalized spacial score (nSPS) is 20.5. The minimum Gasteiger partial charge on any atom is -0.477 e. The second-order valence-corrected chi connectivity index (χ2v) is 11.3. The highest BCUT2D eigenvalue weighted by atomic mass is 32.2. The SMILES string of the molecule is CC(C)(C)OC(=O)N[C@@H]1C(=O)N2C(C(=O)O)=C(Sc3nc(-c4ccncc4)cs3)CS[C@H]12. The van der Waals surface area contributed by atoms with Gasteiger partial charge in [0.15, 0.2) is 4.34 Å². The van der Waals surface area contributed by atoms with E-state index in [0.717, 1.165) is 11.3 Å². The summed E-state index contributed by atoms with van der Waals surface area (Å²) in [6.07, 6.45) is 2.66. The monoisotopic (exact) mass is 492 g/mol. The van der Waals surface area contributed by atoms with Crippen molar-refractivity contribution in [2.45, 2.75) is 42.1 Å². The topological polar surface area (TPSA) is 122 Å². The van der Waals surface area contributed by atoms with Gasteiger partial charge in [0.25, 0.3) is 5.91 Å². The molecule has 2 aliphatic heterocycles. The van der Waals surface area contributed by atoms with Crippen LogP contribution in [0.5, 0.6) is 0 Å². The Bertz CT molecular complexity index is 1100. The van der Waals surface area contributed by atoms with Crippen molar-refractivity contribution in [3.63, 3.8) is 0 Å². The average Bonchev–Trinajstić information content (AvgIpc) is 3.19. The number of thiazole rings is 1. The smallest absolute Gasteiger partial charge is 0.408 e. The van der Waals surface area contributed by atoms with Crippen molar-refractivity contribution in [3.8, 4) is 11.3 Å². The number of carboxylic acids is 1. The van der Waals surface area contributed by atoms with Gasteiger partial charge in [0.2, 0.25) is 0 Å². The van der Waals surface area contributed by atoms with Gasteiger partial charge >= 0.3 is 12.1 Å². The van der Waals surface area contributed by atoms with Crippen LogP contribution in [0.25, 0.3) is 11.3 Å². The Kier molecular flexibility index (Phi) is 6.19. The van der Waals surface area contributed by atoms with Gasteiger partial charge in [-0.1, -0.05) is 11.8 Å². The molecule has 0 saturated carbocycles. The summed E-state index contributed by atoms with van der Waals surface area (Å²) in [7, 11) is 0. The fraction of sp³-hybridized carbons (Fsp3) is 0.350. The lowest BCUT2D eigenvalue weighted by Gasteiger charge is -2.49. The molecule has 0 radical (unpaired) electrons. The summed E-state index contributed by atoms with van der Waals surface area (Å²) in [5, 5.41) is 13.8. The molecule has 4 heterocycles. The molecule has 32 heavy (non-hydrogen) atoms. The van der Waals surface area contributed by atoms with Crippen LogP contribution < -0.4 is 5.32 Å². The van der Waals surface area contributed by atoms with Crippen LogP contribution in [0.3, 0.4) is 0 Å². The molecule has 1 saturated heterocycles. The molecule has 0 bridgehead atoms. The van der Waals surface area contributed by atoms with Gasteiger partial charge in [0.1, 0.15) is 22.7 Å². The van der Waals surface area contributed by atoms with E-state index in [1.165, 1.54) is 39.8 Å². The summed E-state index contributed by atoms with van der Waals surface area (Å²) in [4.78, 5) is 47.2. The highest BCUT2D eigenvalue weighted by Gasteiger charge is 2.54. The van der Waals surface area contributed by atoms with Crippen LogP contribution in [-0.4, -0.2) is 60.7 Å². The van der Waals surface area contributed by atoms with E-state index in [4.69, 9.17) is 4.74 Å². The third-order valence-electron chi connectivity index (χ3n) is 4.48. The van der Waals surface area contributed by atoms with Crippen molar-refractivity contribution in [3.05, 3.63) is 40.5 Å². The van der Waals surface area contributed by atoms with E-state index in [0.29, 0.717) is 15.0 Å². The largest absolute Gasteiger partial charge is 0.477 e. The first-order chi connectivity index (χ1) is 15.1. The number of β-lactam (4-membered cyclic amide) rings is 1. The van der Waals surface area contributed by atoms with Gasteiger partial charge in [-0.15, -0.1) is 23.1 Å². The van der Waals surface area contributed by atoms with Crippen molar-refractivity contribution in [1.29, 1.82) is 0 Å². The molecule has 12 heteroatoms. The van der Waals surface area contributed by atoms with E-state index in [9.17, 15) is 19.5 Å². The summed E-state index contributed by atoms with van der Waals surface area (Å²) in [6, 6.07) is 2.88. The van der Waals surface area contributed by atoms with Gasteiger partial charge in [0, 0.05) is 34.0 Å². The van der Waals surface area contributed by atoms with Crippen LogP contribution in [-0.2, 0) is 14.3 Å². The van der Waals surface area contributed by atoms with E-state index in [2.05, 4.69) is 15.3 Å². The molecule has 2 atom stereocenters. The number of ether oxygens (including phenoxy) is 1. The number of nitrogens with one attached hydrogen (secondary N) is 1. The molecule has 2 amide bonds. The van der Waals surface area contributed by atoms with E-state index in [1.54, 1.807) is 33.2 Å². The van der Waals surface area contributed by atoms with Crippen LogP contribution >= 0.6 is 34.9 Å². The zero-order valence-corrected chi connectivity index (χ0v) is 19.8. The second kappa shape index (κ2) is 8.75.